The zero-order valence-corrected chi connectivity index (χ0v) is 41.3. The van der Waals surface area contributed by atoms with E-state index in [0.29, 0.717) is 12.8 Å². The molecule has 3 rings (SSSR count). The molecule has 12 N–H and O–H groups in total. The molecule has 1 amide bonds. The lowest BCUT2D eigenvalue weighted by Crippen LogP contribution is -2.66. The lowest BCUT2D eigenvalue weighted by Gasteiger charge is -2.48. The van der Waals surface area contributed by atoms with Crippen molar-refractivity contribution in [1.29, 1.82) is 0 Å². The molecular weight excluding hydrogens is 903 g/mol. The van der Waals surface area contributed by atoms with E-state index in [-0.39, 0.29) is 18.9 Å². The monoisotopic (exact) mass is 994 g/mol. The van der Waals surface area contributed by atoms with Gasteiger partial charge in [-0.3, -0.25) is 4.79 Å². The van der Waals surface area contributed by atoms with Crippen molar-refractivity contribution in [3.63, 3.8) is 0 Å². The smallest absolute Gasteiger partial charge is 0.220 e. The molecule has 19 heteroatoms. The summed E-state index contributed by atoms with van der Waals surface area (Å²) in [7, 11) is 0. The van der Waals surface area contributed by atoms with Gasteiger partial charge in [0.05, 0.1) is 38.6 Å². The number of allylic oxidation sites excluding steroid dienone is 3. The standard InChI is InChI=1S/C50H91NO18/c1-3-5-7-9-11-13-15-16-18-19-21-23-25-27-34(55)33(51-38(56)28-26-24-22-20-17-14-12-10-8-6-4-2)32-64-48-44(62)41(59)46(36(30-53)66-48)69-50-45(63)42(60)47(37(31-54)67-50)68-49-43(61)40(58)39(57)35(29-52)65-49/h18-19,25,27,33-37,39-50,52-55,57-63H,3-17,20-24,26,28-32H2,1-2H3,(H,51,56)/b19-18+,27-25+. The fourth-order valence-electron chi connectivity index (χ4n) is 8.85. The normalized spacial score (nSPS) is 33.0. The lowest BCUT2D eigenvalue weighted by atomic mass is 9.96. The molecule has 19 nitrogen and oxygen atoms in total. The van der Waals surface area contributed by atoms with Crippen LogP contribution in [-0.4, -0.2) is 193 Å². The first-order chi connectivity index (χ1) is 33.3. The second-order valence-electron chi connectivity index (χ2n) is 19.0. The van der Waals surface area contributed by atoms with E-state index in [0.717, 1.165) is 38.5 Å². The quantitative estimate of drug-likeness (QED) is 0.0316. The highest BCUT2D eigenvalue weighted by Crippen LogP contribution is 2.33. The number of rotatable bonds is 36. The molecule has 3 aliphatic heterocycles. The Hall–Kier alpha value is -1.73. The van der Waals surface area contributed by atoms with Gasteiger partial charge in [0.25, 0.3) is 0 Å². The maximum atomic E-state index is 13.2. The molecule has 3 saturated heterocycles. The van der Waals surface area contributed by atoms with Crippen molar-refractivity contribution >= 4 is 5.91 Å². The predicted molar refractivity (Wildman–Crippen MR) is 254 cm³/mol. The number of nitrogens with one attached hydrogen (secondary N) is 1. The van der Waals surface area contributed by atoms with Gasteiger partial charge in [-0.05, 0) is 32.1 Å². The topological polar surface area (TPSA) is 307 Å². The lowest BCUT2D eigenvalue weighted by molar-refractivity contribution is -0.379. The van der Waals surface area contributed by atoms with Crippen molar-refractivity contribution < 1.29 is 89.4 Å². The number of aliphatic hydroxyl groups excluding tert-OH is 11. The third kappa shape index (κ3) is 21.3. The fourth-order valence-corrected chi connectivity index (χ4v) is 8.85. The average molecular weight is 994 g/mol. The molecule has 0 saturated carbocycles. The largest absolute Gasteiger partial charge is 0.394 e. The summed E-state index contributed by atoms with van der Waals surface area (Å²) in [4.78, 5) is 13.2. The van der Waals surface area contributed by atoms with E-state index < -0.39 is 124 Å². The molecule has 0 aromatic heterocycles. The minimum atomic E-state index is -1.98. The van der Waals surface area contributed by atoms with Gasteiger partial charge in [0.1, 0.15) is 73.2 Å². The first kappa shape index (κ1) is 61.6. The minimum absolute atomic E-state index is 0.238. The molecule has 17 unspecified atom stereocenters. The van der Waals surface area contributed by atoms with Crippen LogP contribution in [0.15, 0.2) is 24.3 Å². The van der Waals surface area contributed by atoms with E-state index in [9.17, 15) is 61.0 Å². The number of carbonyl (C=O) groups excluding carboxylic acids is 1. The summed E-state index contributed by atoms with van der Waals surface area (Å²) < 4.78 is 34.1. The van der Waals surface area contributed by atoms with Gasteiger partial charge in [-0.15, -0.1) is 0 Å². The molecule has 0 aromatic rings. The van der Waals surface area contributed by atoms with Gasteiger partial charge in [-0.1, -0.05) is 141 Å². The fraction of sp³-hybridized carbons (Fsp3) is 0.900. The van der Waals surface area contributed by atoms with Crippen LogP contribution in [0.2, 0.25) is 0 Å². The van der Waals surface area contributed by atoms with Crippen LogP contribution in [-0.2, 0) is 33.2 Å². The summed E-state index contributed by atoms with van der Waals surface area (Å²) in [6, 6.07) is -0.982. The summed E-state index contributed by atoms with van der Waals surface area (Å²) >= 11 is 0. The zero-order chi connectivity index (χ0) is 50.6. The van der Waals surface area contributed by atoms with Crippen molar-refractivity contribution in [2.75, 3.05) is 26.4 Å². The van der Waals surface area contributed by atoms with E-state index >= 15 is 0 Å². The van der Waals surface area contributed by atoms with E-state index in [1.807, 2.05) is 6.08 Å². The third-order valence-corrected chi connectivity index (χ3v) is 13.3. The van der Waals surface area contributed by atoms with Crippen LogP contribution in [0.25, 0.3) is 0 Å². The minimum Gasteiger partial charge on any atom is -0.394 e. The summed E-state index contributed by atoms with van der Waals surface area (Å²) in [6.45, 7) is 1.64. The van der Waals surface area contributed by atoms with Gasteiger partial charge in [0, 0.05) is 6.42 Å². The maximum absolute atomic E-state index is 13.2. The van der Waals surface area contributed by atoms with Gasteiger partial charge in [-0.2, -0.15) is 0 Å². The van der Waals surface area contributed by atoms with Gasteiger partial charge in [-0.25, -0.2) is 0 Å². The molecule has 69 heavy (non-hydrogen) atoms. The summed E-state index contributed by atoms with van der Waals surface area (Å²) in [5, 5.41) is 119. The van der Waals surface area contributed by atoms with Gasteiger partial charge >= 0.3 is 0 Å². The van der Waals surface area contributed by atoms with Crippen LogP contribution in [0.3, 0.4) is 0 Å². The molecule has 0 aromatic carbocycles. The molecule has 0 spiro atoms. The number of carbonyl (C=O) groups is 1. The Labute approximate surface area is 409 Å². The average Bonchev–Trinajstić information content (AvgIpc) is 3.34. The predicted octanol–water partition coefficient (Wildman–Crippen LogP) is 2.03. The Morgan fingerprint density at radius 2 is 0.928 bits per heavy atom. The van der Waals surface area contributed by atoms with Gasteiger partial charge in [0.15, 0.2) is 18.9 Å². The molecule has 404 valence electrons. The highest BCUT2D eigenvalue weighted by atomic mass is 16.8. The van der Waals surface area contributed by atoms with E-state index in [4.69, 9.17) is 28.4 Å². The number of unbranched alkanes of at least 4 members (excludes halogenated alkanes) is 18. The molecular formula is C50H91NO18. The number of hydrogen-bond acceptors (Lipinski definition) is 18. The van der Waals surface area contributed by atoms with Crippen molar-refractivity contribution in [3.8, 4) is 0 Å². The summed E-state index contributed by atoms with van der Waals surface area (Å²) in [5.41, 5.74) is 0. The summed E-state index contributed by atoms with van der Waals surface area (Å²) in [5.74, 6) is -0.289. The van der Waals surface area contributed by atoms with Crippen LogP contribution >= 0.6 is 0 Å². The first-order valence-electron chi connectivity index (χ1n) is 26.1. The van der Waals surface area contributed by atoms with Crippen LogP contribution < -0.4 is 5.32 Å². The Balaban J connectivity index is 1.58. The Bertz CT molecular complexity index is 1380. The third-order valence-electron chi connectivity index (χ3n) is 13.3. The second-order valence-corrected chi connectivity index (χ2v) is 19.0. The highest BCUT2D eigenvalue weighted by Gasteiger charge is 2.53. The molecule has 0 bridgehead atoms. The highest BCUT2D eigenvalue weighted by molar-refractivity contribution is 5.76. The van der Waals surface area contributed by atoms with Crippen LogP contribution in [0.1, 0.15) is 155 Å². The van der Waals surface area contributed by atoms with Crippen LogP contribution in [0, 0.1) is 0 Å². The van der Waals surface area contributed by atoms with E-state index in [1.54, 1.807) is 6.08 Å². The molecule has 0 aliphatic carbocycles. The molecule has 3 fully saturated rings. The summed E-state index contributed by atoms with van der Waals surface area (Å²) in [6.07, 6.45) is 4.74. The number of ether oxygens (including phenoxy) is 6. The van der Waals surface area contributed by atoms with Crippen molar-refractivity contribution in [2.24, 2.45) is 0 Å². The number of hydrogen-bond donors (Lipinski definition) is 12. The molecule has 3 heterocycles. The second kappa shape index (κ2) is 35.4. The zero-order valence-electron chi connectivity index (χ0n) is 41.3. The van der Waals surface area contributed by atoms with Crippen molar-refractivity contribution in [2.45, 2.75) is 259 Å². The SMILES string of the molecule is CCCCCCCCC/C=C/CC/C=C/C(O)C(COC1OC(CO)C(OC2OC(CO)C(OC3OC(CO)C(O)C(O)C3O)C(O)C2O)C(O)C1O)NC(=O)CCCCCCCCCCCCC. The van der Waals surface area contributed by atoms with E-state index in [1.165, 1.54) is 83.5 Å². The Morgan fingerprint density at radius 1 is 0.507 bits per heavy atom. The Kier molecular flexibility index (Phi) is 31.6. The van der Waals surface area contributed by atoms with Gasteiger partial charge in [0.2, 0.25) is 5.91 Å². The first-order valence-corrected chi connectivity index (χ1v) is 26.1. The van der Waals surface area contributed by atoms with Crippen molar-refractivity contribution in [1.82, 2.24) is 5.32 Å². The molecule has 0 radical (unpaired) electrons. The van der Waals surface area contributed by atoms with E-state index in [2.05, 4.69) is 31.3 Å². The molecule has 3 aliphatic rings. The molecule has 17 atom stereocenters. The van der Waals surface area contributed by atoms with Crippen molar-refractivity contribution in [3.05, 3.63) is 24.3 Å². The number of aliphatic hydroxyl groups is 11. The van der Waals surface area contributed by atoms with Crippen LogP contribution in [0.4, 0.5) is 0 Å². The van der Waals surface area contributed by atoms with Gasteiger partial charge < -0.3 is 89.9 Å². The maximum Gasteiger partial charge on any atom is 0.220 e. The Morgan fingerprint density at radius 3 is 1.45 bits per heavy atom. The number of amides is 1. The van der Waals surface area contributed by atoms with Crippen LogP contribution in [0.5, 0.6) is 0 Å².